The number of ketones is 1. The molecule has 5 aromatic rings. The molecule has 0 saturated heterocycles. The van der Waals surface area contributed by atoms with Gasteiger partial charge < -0.3 is 5.32 Å². The highest BCUT2D eigenvalue weighted by Gasteiger charge is 2.18. The standard InChI is InChI=1S/C29H28N6O2/c1-18(2)35-27(15-19(3)34-35)29(37)31-23-9-6-7-20(16-23)28(36)21-10-12-24-25(32-33-26(24)17-21)13-11-22-8-4-5-14-30-22/h4-10,12,14-18H,11,13H2,1-3H3,(H,31,37)(H,32,33). The lowest BCUT2D eigenvalue weighted by atomic mass is 10.0. The number of nitrogens with one attached hydrogen (secondary N) is 2. The van der Waals surface area contributed by atoms with Gasteiger partial charge in [-0.1, -0.05) is 30.3 Å². The number of aryl methyl sites for hydroxylation is 3. The third kappa shape index (κ3) is 5.18. The molecule has 2 N–H and O–H groups in total. The minimum absolute atomic E-state index is 0.0508. The molecule has 0 aliphatic heterocycles. The molecular formula is C29H28N6O2. The Morgan fingerprint density at radius 1 is 0.973 bits per heavy atom. The summed E-state index contributed by atoms with van der Waals surface area (Å²) in [5.41, 5.74) is 5.59. The number of hydrogen-bond donors (Lipinski definition) is 2. The fourth-order valence-electron chi connectivity index (χ4n) is 4.38. The van der Waals surface area contributed by atoms with E-state index in [1.807, 2.05) is 51.1 Å². The molecule has 3 aromatic heterocycles. The molecule has 37 heavy (non-hydrogen) atoms. The van der Waals surface area contributed by atoms with Crippen LogP contribution in [0.1, 0.15) is 63.4 Å². The maximum Gasteiger partial charge on any atom is 0.273 e. The predicted molar refractivity (Wildman–Crippen MR) is 143 cm³/mol. The van der Waals surface area contributed by atoms with E-state index in [4.69, 9.17) is 0 Å². The zero-order chi connectivity index (χ0) is 25.9. The lowest BCUT2D eigenvalue weighted by Gasteiger charge is -2.11. The van der Waals surface area contributed by atoms with Gasteiger partial charge in [0.25, 0.3) is 5.91 Å². The number of hydrogen-bond acceptors (Lipinski definition) is 5. The third-order valence-corrected chi connectivity index (χ3v) is 6.22. The molecule has 0 saturated carbocycles. The highest BCUT2D eigenvalue weighted by molar-refractivity contribution is 6.11. The second-order valence-electron chi connectivity index (χ2n) is 9.33. The Morgan fingerprint density at radius 3 is 2.59 bits per heavy atom. The zero-order valence-corrected chi connectivity index (χ0v) is 21.0. The molecule has 5 rings (SSSR count). The van der Waals surface area contributed by atoms with Crippen molar-refractivity contribution in [2.45, 2.75) is 39.7 Å². The van der Waals surface area contributed by atoms with Gasteiger partial charge in [0.15, 0.2) is 5.78 Å². The van der Waals surface area contributed by atoms with E-state index in [0.29, 0.717) is 22.5 Å². The Kier molecular flexibility index (Phi) is 6.64. The van der Waals surface area contributed by atoms with Crippen LogP contribution in [-0.2, 0) is 12.8 Å². The molecule has 3 heterocycles. The van der Waals surface area contributed by atoms with Gasteiger partial charge in [-0.3, -0.25) is 24.4 Å². The van der Waals surface area contributed by atoms with Crippen LogP contribution in [0, 0.1) is 6.92 Å². The van der Waals surface area contributed by atoms with Crippen LogP contribution in [0.3, 0.4) is 0 Å². The molecule has 0 radical (unpaired) electrons. The molecular weight excluding hydrogens is 464 g/mol. The van der Waals surface area contributed by atoms with Crippen LogP contribution in [0.2, 0.25) is 0 Å². The largest absolute Gasteiger partial charge is 0.321 e. The number of H-pyrrole nitrogens is 1. The molecule has 1 amide bonds. The fraction of sp³-hybridized carbons (Fsp3) is 0.207. The predicted octanol–water partition coefficient (Wildman–Crippen LogP) is 5.31. The van der Waals surface area contributed by atoms with Crippen molar-refractivity contribution in [3.05, 3.63) is 107 Å². The number of anilines is 1. The molecule has 0 spiro atoms. The molecule has 186 valence electrons. The molecule has 8 heteroatoms. The van der Waals surface area contributed by atoms with E-state index >= 15 is 0 Å². The van der Waals surface area contributed by atoms with Crippen molar-refractivity contribution in [3.63, 3.8) is 0 Å². The molecule has 8 nitrogen and oxygen atoms in total. The smallest absolute Gasteiger partial charge is 0.273 e. The Hall–Kier alpha value is -4.59. The lowest BCUT2D eigenvalue weighted by Crippen LogP contribution is -2.19. The second kappa shape index (κ2) is 10.2. The minimum Gasteiger partial charge on any atom is -0.321 e. The number of benzene rings is 2. The Labute approximate surface area is 214 Å². The molecule has 0 fully saturated rings. The van der Waals surface area contributed by atoms with E-state index in [-0.39, 0.29) is 17.7 Å². The first-order valence-electron chi connectivity index (χ1n) is 12.3. The van der Waals surface area contributed by atoms with Crippen molar-refractivity contribution in [1.82, 2.24) is 25.0 Å². The average Bonchev–Trinajstić information content (AvgIpc) is 3.51. The molecule has 0 atom stereocenters. The van der Waals surface area contributed by atoms with E-state index < -0.39 is 0 Å². The monoisotopic (exact) mass is 492 g/mol. The molecule has 2 aromatic carbocycles. The molecule has 0 bridgehead atoms. The number of rotatable bonds is 8. The maximum atomic E-state index is 13.3. The number of fused-ring (bicyclic) bond motifs is 1. The van der Waals surface area contributed by atoms with Gasteiger partial charge in [-0.25, -0.2) is 0 Å². The number of carbonyl (C=O) groups excluding carboxylic acids is 2. The van der Waals surface area contributed by atoms with Gasteiger partial charge in [0, 0.05) is 45.8 Å². The van der Waals surface area contributed by atoms with Crippen LogP contribution in [0.5, 0.6) is 0 Å². The lowest BCUT2D eigenvalue weighted by molar-refractivity contribution is 0.101. The summed E-state index contributed by atoms with van der Waals surface area (Å²) >= 11 is 0. The average molecular weight is 493 g/mol. The van der Waals surface area contributed by atoms with Crippen LogP contribution < -0.4 is 5.32 Å². The van der Waals surface area contributed by atoms with E-state index in [1.54, 1.807) is 47.3 Å². The summed E-state index contributed by atoms with van der Waals surface area (Å²) < 4.78 is 1.70. The summed E-state index contributed by atoms with van der Waals surface area (Å²) in [6, 6.07) is 20.2. The first kappa shape index (κ1) is 24.1. The fourth-order valence-corrected chi connectivity index (χ4v) is 4.38. The highest BCUT2D eigenvalue weighted by atomic mass is 16.2. The van der Waals surface area contributed by atoms with Gasteiger partial charge in [-0.15, -0.1) is 0 Å². The number of nitrogens with zero attached hydrogens (tertiary/aromatic N) is 4. The van der Waals surface area contributed by atoms with Gasteiger partial charge in [0.1, 0.15) is 5.69 Å². The van der Waals surface area contributed by atoms with Crippen LogP contribution in [0.15, 0.2) is 72.9 Å². The number of aromatic amines is 1. The van der Waals surface area contributed by atoms with Crippen molar-refractivity contribution >= 4 is 28.3 Å². The van der Waals surface area contributed by atoms with Gasteiger partial charge in [0.05, 0.1) is 11.2 Å². The van der Waals surface area contributed by atoms with E-state index in [1.165, 1.54) is 0 Å². The number of carbonyl (C=O) groups is 2. The van der Waals surface area contributed by atoms with E-state index in [9.17, 15) is 9.59 Å². The summed E-state index contributed by atoms with van der Waals surface area (Å²) in [5.74, 6) is -0.408. The van der Waals surface area contributed by atoms with Gasteiger partial charge in [0.2, 0.25) is 0 Å². The van der Waals surface area contributed by atoms with Crippen molar-refractivity contribution < 1.29 is 9.59 Å². The Balaban J connectivity index is 1.32. The van der Waals surface area contributed by atoms with Crippen molar-refractivity contribution in [3.8, 4) is 0 Å². The van der Waals surface area contributed by atoms with E-state index in [0.717, 1.165) is 40.8 Å². The van der Waals surface area contributed by atoms with Gasteiger partial charge in [-0.05, 0) is 70.0 Å². The number of aromatic nitrogens is 5. The molecule has 0 aliphatic carbocycles. The van der Waals surface area contributed by atoms with Crippen LogP contribution in [0.25, 0.3) is 10.9 Å². The Bertz CT molecular complexity index is 1580. The topological polar surface area (TPSA) is 106 Å². The summed E-state index contributed by atoms with van der Waals surface area (Å²) in [6.07, 6.45) is 3.37. The minimum atomic E-state index is -0.268. The van der Waals surface area contributed by atoms with Gasteiger partial charge >= 0.3 is 0 Å². The second-order valence-corrected chi connectivity index (χ2v) is 9.33. The number of amides is 1. The summed E-state index contributed by atoms with van der Waals surface area (Å²) in [6.45, 7) is 5.80. The third-order valence-electron chi connectivity index (χ3n) is 6.22. The summed E-state index contributed by atoms with van der Waals surface area (Å²) in [4.78, 5) is 30.6. The van der Waals surface area contributed by atoms with Gasteiger partial charge in [-0.2, -0.15) is 10.2 Å². The SMILES string of the molecule is Cc1cc(C(=O)Nc2cccc(C(=O)c3ccc4c(CCc5ccccn5)[nH]nc4c3)c2)n(C(C)C)n1. The van der Waals surface area contributed by atoms with Crippen LogP contribution in [0.4, 0.5) is 5.69 Å². The Morgan fingerprint density at radius 2 is 1.81 bits per heavy atom. The number of pyridine rings is 1. The first-order chi connectivity index (χ1) is 17.9. The van der Waals surface area contributed by atoms with E-state index in [2.05, 4.69) is 25.6 Å². The summed E-state index contributed by atoms with van der Waals surface area (Å²) in [7, 11) is 0. The highest BCUT2D eigenvalue weighted by Crippen LogP contribution is 2.22. The van der Waals surface area contributed by atoms with Crippen molar-refractivity contribution in [1.29, 1.82) is 0 Å². The molecule has 0 aliphatic rings. The maximum absolute atomic E-state index is 13.3. The zero-order valence-electron chi connectivity index (χ0n) is 21.0. The normalized spacial score (nSPS) is 11.2. The van der Waals surface area contributed by atoms with Crippen LogP contribution >= 0.6 is 0 Å². The molecule has 0 unspecified atom stereocenters. The first-order valence-corrected chi connectivity index (χ1v) is 12.3. The van der Waals surface area contributed by atoms with Crippen LogP contribution in [-0.4, -0.2) is 36.7 Å². The van der Waals surface area contributed by atoms with Crippen molar-refractivity contribution in [2.24, 2.45) is 0 Å². The van der Waals surface area contributed by atoms with Crippen molar-refractivity contribution in [2.75, 3.05) is 5.32 Å². The quantitative estimate of drug-likeness (QED) is 0.286. The summed E-state index contributed by atoms with van der Waals surface area (Å²) in [5, 5.41) is 15.8.